The lowest BCUT2D eigenvalue weighted by Crippen LogP contribution is -2.26. The molecule has 0 aliphatic carbocycles. The van der Waals surface area contributed by atoms with Crippen LogP contribution in [-0.2, 0) is 27.1 Å². The summed E-state index contributed by atoms with van der Waals surface area (Å²) in [4.78, 5) is 0. The van der Waals surface area contributed by atoms with E-state index in [0.717, 1.165) is 32.1 Å². The minimum Gasteiger partial charge on any atom is -0.297 e. The van der Waals surface area contributed by atoms with Crippen LogP contribution in [0.3, 0.4) is 0 Å². The highest BCUT2D eigenvalue weighted by Crippen LogP contribution is 2.44. The van der Waals surface area contributed by atoms with E-state index in [-0.39, 0.29) is 0 Å². The van der Waals surface area contributed by atoms with Gasteiger partial charge >= 0.3 is 7.75 Å². The van der Waals surface area contributed by atoms with Crippen molar-refractivity contribution in [1.82, 2.24) is 5.09 Å². The maximum Gasteiger partial charge on any atom is 0.405 e. The normalized spacial score (nSPS) is 11.9. The number of aromatic nitrogens is 1. The van der Waals surface area contributed by atoms with Gasteiger partial charge in [-0.15, -0.1) is 0 Å². The average Bonchev–Trinajstić information content (AvgIpc) is 2.99. The Morgan fingerprint density at radius 2 is 0.905 bits per heavy atom. The van der Waals surface area contributed by atoms with E-state index in [1.54, 1.807) is 0 Å². The molecule has 0 saturated carbocycles. The van der Waals surface area contributed by atoms with Crippen LogP contribution in [0.5, 0.6) is 0 Å². The van der Waals surface area contributed by atoms with Gasteiger partial charge in [0.15, 0.2) is 12.4 Å². The predicted octanol–water partition coefficient (Wildman–Crippen LogP) is 11.2. The van der Waals surface area contributed by atoms with E-state index in [1.807, 2.05) is 24.0 Å². The molecule has 0 aliphatic heterocycles. The molecule has 0 spiro atoms. The van der Waals surface area contributed by atoms with Crippen LogP contribution < -0.4 is 9.65 Å². The first-order valence-electron chi connectivity index (χ1n) is 18.2. The second-order valence-electron chi connectivity index (χ2n) is 12.5. The van der Waals surface area contributed by atoms with Crippen LogP contribution in [-0.4, -0.2) is 19.8 Å². The lowest BCUT2D eigenvalue weighted by molar-refractivity contribution is -0.671. The molecule has 5 nitrogen and oxygen atoms in total. The van der Waals surface area contributed by atoms with Crippen LogP contribution in [0.25, 0.3) is 0 Å². The Bertz CT molecular complexity index is 710. The molecule has 42 heavy (non-hydrogen) atoms. The lowest BCUT2D eigenvalue weighted by atomic mass is 10.1. The summed E-state index contributed by atoms with van der Waals surface area (Å²) in [5.41, 5.74) is 1.22. The third-order valence-corrected chi connectivity index (χ3v) is 9.94. The van der Waals surface area contributed by atoms with Gasteiger partial charge in [-0.3, -0.25) is 9.05 Å². The van der Waals surface area contributed by atoms with Gasteiger partial charge in [-0.25, -0.2) is 14.2 Å². The van der Waals surface area contributed by atoms with E-state index < -0.39 is 7.75 Å². The topological polar surface area (TPSA) is 51.4 Å². The molecule has 0 bridgehead atoms. The molecule has 1 rings (SSSR count). The molecule has 1 heterocycles. The SMILES string of the molecule is CCCCCCCCCCCCCCOP(=O)(NCCc1cc[n+](C)cc1)OCCCCCCCCCCCCCC. The van der Waals surface area contributed by atoms with Crippen molar-refractivity contribution in [2.75, 3.05) is 19.8 Å². The zero-order valence-corrected chi connectivity index (χ0v) is 29.1. The summed E-state index contributed by atoms with van der Waals surface area (Å²) in [6, 6.07) is 4.21. The fourth-order valence-electron chi connectivity index (χ4n) is 5.42. The summed E-state index contributed by atoms with van der Waals surface area (Å²) in [6.07, 6.45) is 36.2. The van der Waals surface area contributed by atoms with E-state index in [2.05, 4.69) is 31.1 Å². The molecule has 0 unspecified atom stereocenters. The Balaban J connectivity index is 2.20. The number of nitrogens with one attached hydrogen (secondary N) is 1. The van der Waals surface area contributed by atoms with Gasteiger partial charge in [0, 0.05) is 18.7 Å². The van der Waals surface area contributed by atoms with Gasteiger partial charge in [0.1, 0.15) is 7.05 Å². The van der Waals surface area contributed by atoms with Crippen LogP contribution in [0.15, 0.2) is 24.5 Å². The zero-order valence-electron chi connectivity index (χ0n) is 28.2. The minimum atomic E-state index is -3.29. The smallest absolute Gasteiger partial charge is 0.297 e. The first-order chi connectivity index (χ1) is 20.6. The molecule has 0 radical (unpaired) electrons. The number of nitrogens with zero attached hydrogens (tertiary/aromatic N) is 1. The highest BCUT2D eigenvalue weighted by atomic mass is 31.2. The van der Waals surface area contributed by atoms with E-state index in [0.29, 0.717) is 19.8 Å². The second-order valence-corrected chi connectivity index (χ2v) is 14.3. The van der Waals surface area contributed by atoms with Crippen molar-refractivity contribution >= 4 is 7.75 Å². The van der Waals surface area contributed by atoms with Crippen molar-refractivity contribution < 1.29 is 18.2 Å². The third kappa shape index (κ3) is 24.7. The predicted molar refractivity (Wildman–Crippen MR) is 181 cm³/mol. The highest BCUT2D eigenvalue weighted by Gasteiger charge is 2.23. The van der Waals surface area contributed by atoms with Crippen LogP contribution in [0.4, 0.5) is 0 Å². The monoisotopic (exact) mass is 610 g/mol. The number of aryl methyl sites for hydroxylation is 1. The Kier molecular flexibility index (Phi) is 27.1. The van der Waals surface area contributed by atoms with Gasteiger partial charge in [0.05, 0.1) is 13.2 Å². The quantitative estimate of drug-likeness (QED) is 0.0501. The lowest BCUT2D eigenvalue weighted by Gasteiger charge is -2.19. The van der Waals surface area contributed by atoms with Gasteiger partial charge in [-0.05, 0) is 24.8 Å². The molecule has 246 valence electrons. The number of hydrogen-bond donors (Lipinski definition) is 1. The number of unbranched alkanes of at least 4 members (excludes halogenated alkanes) is 22. The minimum absolute atomic E-state index is 0.501. The summed E-state index contributed by atoms with van der Waals surface area (Å²) in [5, 5.41) is 3.15. The Morgan fingerprint density at radius 3 is 1.26 bits per heavy atom. The summed E-state index contributed by atoms with van der Waals surface area (Å²) in [6.45, 7) is 6.14. The number of rotatable bonds is 32. The Morgan fingerprint density at radius 1 is 0.571 bits per heavy atom. The van der Waals surface area contributed by atoms with Gasteiger partial charge in [0.25, 0.3) is 0 Å². The molecule has 0 amide bonds. The Labute approximate surface area is 261 Å². The fourth-order valence-corrected chi connectivity index (χ4v) is 6.80. The maximum atomic E-state index is 13.5. The molecule has 1 aromatic rings. The van der Waals surface area contributed by atoms with E-state index in [1.165, 1.54) is 134 Å². The molecule has 1 N–H and O–H groups in total. The van der Waals surface area contributed by atoms with Gasteiger partial charge in [-0.1, -0.05) is 155 Å². The second kappa shape index (κ2) is 29.0. The van der Waals surface area contributed by atoms with Crippen molar-refractivity contribution in [2.24, 2.45) is 7.05 Å². The van der Waals surface area contributed by atoms with Crippen molar-refractivity contribution in [2.45, 2.75) is 174 Å². The van der Waals surface area contributed by atoms with E-state index >= 15 is 0 Å². The zero-order chi connectivity index (χ0) is 30.4. The van der Waals surface area contributed by atoms with Gasteiger partial charge < -0.3 is 0 Å². The van der Waals surface area contributed by atoms with Crippen molar-refractivity contribution in [3.63, 3.8) is 0 Å². The third-order valence-electron chi connectivity index (χ3n) is 8.28. The summed E-state index contributed by atoms with van der Waals surface area (Å²) in [5.74, 6) is 0. The molecule has 0 fully saturated rings. The molecule has 0 saturated heterocycles. The summed E-state index contributed by atoms with van der Waals surface area (Å²) in [7, 11) is -1.27. The van der Waals surface area contributed by atoms with Crippen LogP contribution >= 0.6 is 7.75 Å². The van der Waals surface area contributed by atoms with Crippen molar-refractivity contribution in [3.05, 3.63) is 30.1 Å². The summed E-state index contributed by atoms with van der Waals surface area (Å²) >= 11 is 0. The fraction of sp³-hybridized carbons (Fsp3) is 0.861. The molecular formula is C36H70N2O3P+. The largest absolute Gasteiger partial charge is 0.405 e. The highest BCUT2D eigenvalue weighted by molar-refractivity contribution is 7.51. The molecule has 0 atom stereocenters. The average molecular weight is 610 g/mol. The first-order valence-corrected chi connectivity index (χ1v) is 19.7. The number of hydrogen-bond acceptors (Lipinski definition) is 3. The molecule has 0 aliphatic rings. The number of pyridine rings is 1. The molecule has 6 heteroatoms. The van der Waals surface area contributed by atoms with Gasteiger partial charge in [-0.2, -0.15) is 0 Å². The molecular weight excluding hydrogens is 539 g/mol. The summed E-state index contributed by atoms with van der Waals surface area (Å²) < 4.78 is 27.3. The van der Waals surface area contributed by atoms with Crippen molar-refractivity contribution in [3.8, 4) is 0 Å². The maximum absolute atomic E-state index is 13.5. The van der Waals surface area contributed by atoms with Gasteiger partial charge in [0.2, 0.25) is 0 Å². The van der Waals surface area contributed by atoms with Crippen molar-refractivity contribution in [1.29, 1.82) is 0 Å². The van der Waals surface area contributed by atoms with E-state index in [4.69, 9.17) is 9.05 Å². The standard InChI is InChI=1S/C36H70N2O3P/c1-4-6-8-10-12-14-16-18-20-22-24-26-34-40-42(39,37-31-28-36-29-32-38(3)33-30-36)41-35-27-25-23-21-19-17-15-13-11-9-7-5-2/h29-30,32-33H,4-28,31,34-35H2,1-3H3,(H,37,39)/q+1. The van der Waals surface area contributed by atoms with Crippen LogP contribution in [0.2, 0.25) is 0 Å². The Hall–Kier alpha value is -0.740. The molecule has 0 aromatic carbocycles. The van der Waals surface area contributed by atoms with E-state index in [9.17, 15) is 4.57 Å². The van der Waals surface area contributed by atoms with Crippen LogP contribution in [0.1, 0.15) is 174 Å². The first kappa shape index (κ1) is 39.3. The molecule has 1 aromatic heterocycles. The van der Waals surface area contributed by atoms with Crippen LogP contribution in [0, 0.1) is 0 Å².